The molecule has 1 rings (SSSR count). The lowest BCUT2D eigenvalue weighted by Gasteiger charge is -2.41. The van der Waals surface area contributed by atoms with Crippen molar-refractivity contribution in [3.63, 3.8) is 0 Å². The molecule has 0 amide bonds. The second-order valence-corrected chi connectivity index (χ2v) is 4.79. The van der Waals surface area contributed by atoms with Gasteiger partial charge in [0.1, 0.15) is 26.2 Å². The maximum absolute atomic E-state index is 9.10. The van der Waals surface area contributed by atoms with E-state index >= 15 is 0 Å². The van der Waals surface area contributed by atoms with Gasteiger partial charge in [0, 0.05) is 0 Å². The van der Waals surface area contributed by atoms with E-state index in [1.54, 1.807) is 13.8 Å². The molecule has 6 heteroatoms. The second kappa shape index (κ2) is 8.04. The minimum Gasteiger partial charge on any atom is -0.370 e. The van der Waals surface area contributed by atoms with Crippen LogP contribution in [0.5, 0.6) is 0 Å². The lowest BCUT2D eigenvalue weighted by molar-refractivity contribution is -0.936. The fourth-order valence-electron chi connectivity index (χ4n) is 2.12. The van der Waals surface area contributed by atoms with E-state index in [2.05, 4.69) is 0 Å². The molecule has 0 radical (unpaired) electrons. The average molecular weight is 264 g/mol. The molecule has 1 saturated heterocycles. The molecule has 6 nitrogen and oxygen atoms in total. The molecule has 0 saturated carbocycles. The second-order valence-electron chi connectivity index (χ2n) is 4.79. The van der Waals surface area contributed by atoms with Crippen LogP contribution in [0, 0.1) is 0 Å². The van der Waals surface area contributed by atoms with Gasteiger partial charge < -0.3 is 28.9 Å². The van der Waals surface area contributed by atoms with Crippen LogP contribution >= 0.6 is 0 Å². The molecule has 0 bridgehead atoms. The van der Waals surface area contributed by atoms with Crippen LogP contribution in [0.15, 0.2) is 0 Å². The first-order valence-corrected chi connectivity index (χ1v) is 6.56. The van der Waals surface area contributed by atoms with Crippen LogP contribution in [0.2, 0.25) is 0 Å². The van der Waals surface area contributed by atoms with Crippen molar-refractivity contribution >= 4 is 0 Å². The van der Waals surface area contributed by atoms with Crippen molar-refractivity contribution in [2.24, 2.45) is 0 Å². The fraction of sp³-hybridized carbons (Fsp3) is 1.00. The van der Waals surface area contributed by atoms with Crippen LogP contribution in [0.25, 0.3) is 0 Å². The number of hydrogen-bond donors (Lipinski definition) is 2. The van der Waals surface area contributed by atoms with Crippen molar-refractivity contribution in [1.82, 2.24) is 0 Å². The molecular formula is C12H26NO5+. The molecule has 1 aliphatic heterocycles. The highest BCUT2D eigenvalue weighted by atomic mass is 16.6. The lowest BCUT2D eigenvalue weighted by Crippen LogP contribution is -2.58. The molecule has 108 valence electrons. The van der Waals surface area contributed by atoms with E-state index < -0.39 is 12.6 Å². The molecule has 2 atom stereocenters. The Bertz CT molecular complexity index is 201. The molecule has 2 N–H and O–H groups in total. The average Bonchev–Trinajstić information content (AvgIpc) is 2.29. The van der Waals surface area contributed by atoms with Gasteiger partial charge in [-0.1, -0.05) is 0 Å². The molecule has 0 aromatic carbocycles. The van der Waals surface area contributed by atoms with E-state index in [-0.39, 0.29) is 0 Å². The third-order valence-electron chi connectivity index (χ3n) is 3.27. The Labute approximate surface area is 109 Å². The SMILES string of the molecule is CC(O)OCC[N+]1(CCOC(C)O)CCOCC1. The molecule has 0 spiro atoms. The summed E-state index contributed by atoms with van der Waals surface area (Å²) < 4.78 is 16.7. The van der Waals surface area contributed by atoms with E-state index in [4.69, 9.17) is 24.4 Å². The third kappa shape index (κ3) is 6.08. The first kappa shape index (κ1) is 15.8. The summed E-state index contributed by atoms with van der Waals surface area (Å²) in [5, 5.41) is 18.2. The molecule has 0 aliphatic carbocycles. The van der Waals surface area contributed by atoms with Crippen molar-refractivity contribution in [1.29, 1.82) is 0 Å². The Morgan fingerprint density at radius 3 is 1.83 bits per heavy atom. The first-order chi connectivity index (χ1) is 8.54. The number of rotatable bonds is 8. The van der Waals surface area contributed by atoms with Crippen molar-refractivity contribution in [3.05, 3.63) is 0 Å². The smallest absolute Gasteiger partial charge is 0.152 e. The van der Waals surface area contributed by atoms with Gasteiger partial charge in [0.25, 0.3) is 0 Å². The Morgan fingerprint density at radius 1 is 1.00 bits per heavy atom. The Balaban J connectivity index is 2.36. The zero-order valence-electron chi connectivity index (χ0n) is 11.4. The van der Waals surface area contributed by atoms with Crippen LogP contribution < -0.4 is 0 Å². The summed E-state index contributed by atoms with van der Waals surface area (Å²) >= 11 is 0. The number of quaternary nitrogens is 1. The summed E-state index contributed by atoms with van der Waals surface area (Å²) in [6.45, 7) is 9.25. The summed E-state index contributed by atoms with van der Waals surface area (Å²) in [5.41, 5.74) is 0. The largest absolute Gasteiger partial charge is 0.370 e. The molecule has 1 fully saturated rings. The lowest BCUT2D eigenvalue weighted by atomic mass is 10.3. The molecule has 0 aromatic rings. The van der Waals surface area contributed by atoms with E-state index in [1.807, 2.05) is 0 Å². The number of morpholine rings is 1. The zero-order valence-corrected chi connectivity index (χ0v) is 11.4. The first-order valence-electron chi connectivity index (χ1n) is 6.56. The van der Waals surface area contributed by atoms with E-state index in [1.165, 1.54) is 0 Å². The minimum atomic E-state index is -0.722. The number of hydrogen-bond acceptors (Lipinski definition) is 5. The normalized spacial score (nSPS) is 22.7. The van der Waals surface area contributed by atoms with Crippen LogP contribution in [-0.2, 0) is 14.2 Å². The summed E-state index contributed by atoms with van der Waals surface area (Å²) in [7, 11) is 0. The fourth-order valence-corrected chi connectivity index (χ4v) is 2.12. The van der Waals surface area contributed by atoms with Gasteiger partial charge in [-0.3, -0.25) is 0 Å². The third-order valence-corrected chi connectivity index (χ3v) is 3.27. The van der Waals surface area contributed by atoms with Crippen LogP contribution in [0.1, 0.15) is 13.8 Å². The number of aliphatic hydroxyl groups is 2. The predicted octanol–water partition coefficient (Wildman–Crippen LogP) is -0.457. The Hall–Kier alpha value is -0.240. The van der Waals surface area contributed by atoms with Crippen molar-refractivity contribution in [3.8, 4) is 0 Å². The van der Waals surface area contributed by atoms with Gasteiger partial charge in [-0.05, 0) is 13.8 Å². The van der Waals surface area contributed by atoms with Crippen molar-refractivity contribution in [2.75, 3.05) is 52.6 Å². The van der Waals surface area contributed by atoms with Gasteiger partial charge in [0.2, 0.25) is 0 Å². The summed E-state index contributed by atoms with van der Waals surface area (Å²) in [6.07, 6.45) is -1.44. The topological polar surface area (TPSA) is 68.2 Å². The predicted molar refractivity (Wildman–Crippen MR) is 65.8 cm³/mol. The Kier molecular flexibility index (Phi) is 7.06. The van der Waals surface area contributed by atoms with Gasteiger partial charge in [-0.2, -0.15) is 0 Å². The molecular weight excluding hydrogens is 238 g/mol. The number of nitrogens with zero attached hydrogens (tertiary/aromatic N) is 1. The minimum absolute atomic E-state index is 0.520. The highest BCUT2D eigenvalue weighted by molar-refractivity contribution is 4.51. The highest BCUT2D eigenvalue weighted by Crippen LogP contribution is 2.11. The highest BCUT2D eigenvalue weighted by Gasteiger charge is 2.30. The zero-order chi connectivity index (χ0) is 13.4. The maximum atomic E-state index is 9.10. The Morgan fingerprint density at radius 2 is 1.44 bits per heavy atom. The molecule has 2 unspecified atom stereocenters. The van der Waals surface area contributed by atoms with Crippen LogP contribution in [-0.4, -0.2) is 79.9 Å². The van der Waals surface area contributed by atoms with E-state index in [9.17, 15) is 0 Å². The van der Waals surface area contributed by atoms with Crippen molar-refractivity contribution in [2.45, 2.75) is 26.4 Å². The van der Waals surface area contributed by atoms with E-state index in [0.29, 0.717) is 13.2 Å². The van der Waals surface area contributed by atoms with E-state index in [0.717, 1.165) is 43.9 Å². The van der Waals surface area contributed by atoms with Crippen LogP contribution in [0.4, 0.5) is 0 Å². The molecule has 18 heavy (non-hydrogen) atoms. The molecule has 0 aromatic heterocycles. The number of ether oxygens (including phenoxy) is 3. The summed E-state index contributed by atoms with van der Waals surface area (Å²) in [5.74, 6) is 0. The summed E-state index contributed by atoms with van der Waals surface area (Å²) in [4.78, 5) is 0. The molecule has 1 aliphatic rings. The van der Waals surface area contributed by atoms with Gasteiger partial charge in [-0.25, -0.2) is 0 Å². The van der Waals surface area contributed by atoms with Gasteiger partial charge >= 0.3 is 0 Å². The standard InChI is InChI=1S/C12H26NO5/c1-11(14)17-9-5-13(3-7-16-8-4-13)6-10-18-12(2)15/h11-12,14-15H,3-10H2,1-2H3/q+1. The quantitative estimate of drug-likeness (QED) is 0.459. The monoisotopic (exact) mass is 264 g/mol. The number of aliphatic hydroxyl groups excluding tert-OH is 2. The molecule has 1 heterocycles. The van der Waals surface area contributed by atoms with Gasteiger partial charge in [0.15, 0.2) is 12.6 Å². The van der Waals surface area contributed by atoms with Gasteiger partial charge in [0.05, 0.1) is 26.4 Å². The van der Waals surface area contributed by atoms with Crippen LogP contribution in [0.3, 0.4) is 0 Å². The van der Waals surface area contributed by atoms with Crippen molar-refractivity contribution < 1.29 is 28.9 Å². The maximum Gasteiger partial charge on any atom is 0.152 e. The van der Waals surface area contributed by atoms with Gasteiger partial charge in [-0.15, -0.1) is 0 Å². The summed E-state index contributed by atoms with van der Waals surface area (Å²) in [6, 6.07) is 0.